The lowest BCUT2D eigenvalue weighted by Crippen LogP contribution is -2.34. The fraction of sp³-hybridized carbons (Fsp3) is 0.571. The highest BCUT2D eigenvalue weighted by Crippen LogP contribution is 2.18. The molecule has 3 heteroatoms. The molecule has 0 atom stereocenters. The average molecular weight is 300 g/mol. The van der Waals surface area contributed by atoms with Crippen molar-refractivity contribution in [1.29, 1.82) is 0 Å². The maximum atomic E-state index is 13.2. The summed E-state index contributed by atoms with van der Waals surface area (Å²) in [6.07, 6.45) is 3.53. The standard InChI is InChI=1S/C14H19BrFN/c1-11-2-5-17(6-3-11)7-4-12-8-13(15)10-14(16)9-12/h8-11H,2-7H2,1H3. The van der Waals surface area contributed by atoms with Gasteiger partial charge in [-0.2, -0.15) is 0 Å². The van der Waals surface area contributed by atoms with Crippen LogP contribution in [0, 0.1) is 11.7 Å². The maximum absolute atomic E-state index is 13.2. The quantitative estimate of drug-likeness (QED) is 0.819. The monoisotopic (exact) mass is 299 g/mol. The van der Waals surface area contributed by atoms with Crippen molar-refractivity contribution < 1.29 is 4.39 Å². The molecule has 17 heavy (non-hydrogen) atoms. The Kier molecular flexibility index (Phi) is 4.57. The van der Waals surface area contributed by atoms with Crippen LogP contribution in [0.25, 0.3) is 0 Å². The molecule has 1 aliphatic heterocycles. The first kappa shape index (κ1) is 13.0. The zero-order valence-corrected chi connectivity index (χ0v) is 11.8. The molecule has 1 aromatic rings. The van der Waals surface area contributed by atoms with Crippen LogP contribution in [0.2, 0.25) is 0 Å². The highest BCUT2D eigenvalue weighted by Gasteiger charge is 2.15. The van der Waals surface area contributed by atoms with Crippen LogP contribution in [0.4, 0.5) is 4.39 Å². The third-order valence-corrected chi connectivity index (χ3v) is 3.97. The van der Waals surface area contributed by atoms with Gasteiger partial charge in [0.1, 0.15) is 5.82 Å². The van der Waals surface area contributed by atoms with E-state index in [1.165, 1.54) is 32.0 Å². The number of likely N-dealkylation sites (tertiary alicyclic amines) is 1. The largest absolute Gasteiger partial charge is 0.303 e. The topological polar surface area (TPSA) is 3.24 Å². The smallest absolute Gasteiger partial charge is 0.124 e. The molecule has 1 aromatic carbocycles. The predicted octanol–water partition coefficient (Wildman–Crippen LogP) is 3.86. The van der Waals surface area contributed by atoms with E-state index < -0.39 is 0 Å². The Hall–Kier alpha value is -0.410. The SMILES string of the molecule is CC1CCN(CCc2cc(F)cc(Br)c2)CC1. The molecule has 0 aromatic heterocycles. The van der Waals surface area contributed by atoms with E-state index in [0.29, 0.717) is 0 Å². The van der Waals surface area contributed by atoms with Gasteiger partial charge in [-0.15, -0.1) is 0 Å². The number of benzene rings is 1. The molecule has 1 saturated heterocycles. The molecule has 2 rings (SSSR count). The Morgan fingerprint density at radius 1 is 1.29 bits per heavy atom. The van der Waals surface area contributed by atoms with Crippen LogP contribution >= 0.6 is 15.9 Å². The molecule has 1 nitrogen and oxygen atoms in total. The van der Waals surface area contributed by atoms with E-state index in [1.807, 2.05) is 6.07 Å². The minimum atomic E-state index is -0.151. The average Bonchev–Trinajstić information content (AvgIpc) is 2.27. The summed E-state index contributed by atoms with van der Waals surface area (Å²) in [6.45, 7) is 5.75. The van der Waals surface area contributed by atoms with Crippen LogP contribution in [0.15, 0.2) is 22.7 Å². The number of piperidine rings is 1. The van der Waals surface area contributed by atoms with Gasteiger partial charge in [0.25, 0.3) is 0 Å². The molecular formula is C14H19BrFN. The second-order valence-electron chi connectivity index (χ2n) is 5.05. The minimum Gasteiger partial charge on any atom is -0.303 e. The maximum Gasteiger partial charge on any atom is 0.124 e. The summed E-state index contributed by atoms with van der Waals surface area (Å²) in [6, 6.07) is 5.15. The first-order valence-corrected chi connectivity index (χ1v) is 7.10. The molecule has 1 fully saturated rings. The van der Waals surface area contributed by atoms with Crippen LogP contribution in [0.5, 0.6) is 0 Å². The van der Waals surface area contributed by atoms with Gasteiger partial charge >= 0.3 is 0 Å². The van der Waals surface area contributed by atoms with Gasteiger partial charge in [0.15, 0.2) is 0 Å². The molecule has 0 amide bonds. The van der Waals surface area contributed by atoms with Gasteiger partial charge in [0.2, 0.25) is 0 Å². The molecule has 0 spiro atoms. The number of hydrogen-bond acceptors (Lipinski definition) is 1. The van der Waals surface area contributed by atoms with E-state index in [1.54, 1.807) is 6.07 Å². The normalized spacial score (nSPS) is 18.5. The van der Waals surface area contributed by atoms with Crippen LogP contribution in [0.1, 0.15) is 25.3 Å². The van der Waals surface area contributed by atoms with Crippen molar-refractivity contribution in [1.82, 2.24) is 4.90 Å². The van der Waals surface area contributed by atoms with Gasteiger partial charge < -0.3 is 4.90 Å². The van der Waals surface area contributed by atoms with Crippen LogP contribution in [0.3, 0.4) is 0 Å². The van der Waals surface area contributed by atoms with Gasteiger partial charge in [-0.1, -0.05) is 22.9 Å². The van der Waals surface area contributed by atoms with Crippen molar-refractivity contribution in [2.75, 3.05) is 19.6 Å². The lowest BCUT2D eigenvalue weighted by Gasteiger charge is -2.30. The summed E-state index contributed by atoms with van der Waals surface area (Å²) in [4.78, 5) is 2.48. The van der Waals surface area contributed by atoms with Gasteiger partial charge in [-0.3, -0.25) is 0 Å². The second-order valence-corrected chi connectivity index (χ2v) is 5.97. The lowest BCUT2D eigenvalue weighted by atomic mass is 9.99. The van der Waals surface area contributed by atoms with Crippen molar-refractivity contribution in [2.24, 2.45) is 5.92 Å². The Balaban J connectivity index is 1.85. The van der Waals surface area contributed by atoms with Crippen molar-refractivity contribution in [3.05, 3.63) is 34.1 Å². The van der Waals surface area contributed by atoms with E-state index in [0.717, 1.165) is 28.9 Å². The Morgan fingerprint density at radius 2 is 2.00 bits per heavy atom. The number of nitrogens with zero attached hydrogens (tertiary/aromatic N) is 1. The summed E-state index contributed by atoms with van der Waals surface area (Å²) in [5, 5.41) is 0. The first-order valence-electron chi connectivity index (χ1n) is 6.31. The molecule has 1 heterocycles. The summed E-state index contributed by atoms with van der Waals surface area (Å²) < 4.78 is 14.0. The number of rotatable bonds is 3. The minimum absolute atomic E-state index is 0.151. The van der Waals surface area contributed by atoms with Gasteiger partial charge in [-0.25, -0.2) is 4.39 Å². The Labute approximate surface area is 111 Å². The Morgan fingerprint density at radius 3 is 2.65 bits per heavy atom. The zero-order chi connectivity index (χ0) is 12.3. The second kappa shape index (κ2) is 5.96. The fourth-order valence-electron chi connectivity index (χ4n) is 2.33. The third-order valence-electron chi connectivity index (χ3n) is 3.52. The van der Waals surface area contributed by atoms with Crippen LogP contribution in [-0.4, -0.2) is 24.5 Å². The number of hydrogen-bond donors (Lipinski definition) is 0. The zero-order valence-electron chi connectivity index (χ0n) is 10.3. The predicted molar refractivity (Wildman–Crippen MR) is 72.6 cm³/mol. The van der Waals surface area contributed by atoms with Crippen molar-refractivity contribution in [2.45, 2.75) is 26.2 Å². The van der Waals surface area contributed by atoms with E-state index in [-0.39, 0.29) is 5.82 Å². The van der Waals surface area contributed by atoms with Crippen LogP contribution < -0.4 is 0 Å². The summed E-state index contributed by atoms with van der Waals surface area (Å²) in [5.74, 6) is 0.719. The highest BCUT2D eigenvalue weighted by molar-refractivity contribution is 9.10. The molecule has 0 aliphatic carbocycles. The highest BCUT2D eigenvalue weighted by atomic mass is 79.9. The molecule has 0 unspecified atom stereocenters. The summed E-state index contributed by atoms with van der Waals surface area (Å²) in [5.41, 5.74) is 1.08. The van der Waals surface area contributed by atoms with Crippen molar-refractivity contribution in [3.8, 4) is 0 Å². The van der Waals surface area contributed by atoms with Gasteiger partial charge in [0.05, 0.1) is 0 Å². The third kappa shape index (κ3) is 4.07. The first-order chi connectivity index (χ1) is 8.13. The van der Waals surface area contributed by atoms with Crippen molar-refractivity contribution >= 4 is 15.9 Å². The molecular weight excluding hydrogens is 281 g/mol. The lowest BCUT2D eigenvalue weighted by molar-refractivity contribution is 0.194. The van der Waals surface area contributed by atoms with E-state index in [9.17, 15) is 4.39 Å². The van der Waals surface area contributed by atoms with E-state index in [2.05, 4.69) is 27.8 Å². The molecule has 0 bridgehead atoms. The summed E-state index contributed by atoms with van der Waals surface area (Å²) >= 11 is 3.33. The van der Waals surface area contributed by atoms with Crippen molar-refractivity contribution in [3.63, 3.8) is 0 Å². The Bertz CT molecular complexity index is 352. The molecule has 0 N–H and O–H groups in total. The van der Waals surface area contributed by atoms with E-state index >= 15 is 0 Å². The van der Waals surface area contributed by atoms with Gasteiger partial charge in [0, 0.05) is 11.0 Å². The van der Waals surface area contributed by atoms with E-state index in [4.69, 9.17) is 0 Å². The van der Waals surface area contributed by atoms with Crippen LogP contribution in [-0.2, 0) is 6.42 Å². The number of halogens is 2. The molecule has 94 valence electrons. The molecule has 0 radical (unpaired) electrons. The molecule has 0 saturated carbocycles. The van der Waals surface area contributed by atoms with Gasteiger partial charge in [-0.05, 0) is 62.0 Å². The molecule has 1 aliphatic rings. The summed E-state index contributed by atoms with van der Waals surface area (Å²) in [7, 11) is 0. The fourth-order valence-corrected chi connectivity index (χ4v) is 2.84.